The minimum atomic E-state index is 0.0754. The number of rotatable bonds is 2. The van der Waals surface area contributed by atoms with Gasteiger partial charge >= 0.3 is 0 Å². The average Bonchev–Trinajstić information content (AvgIpc) is 3.28. The van der Waals surface area contributed by atoms with Crippen molar-refractivity contribution < 1.29 is 4.79 Å². The van der Waals surface area contributed by atoms with E-state index >= 15 is 0 Å². The fourth-order valence-electron chi connectivity index (χ4n) is 4.28. The number of para-hydroxylation sites is 3. The van der Waals surface area contributed by atoms with Gasteiger partial charge in [0.25, 0.3) is 5.91 Å². The minimum Gasteiger partial charge on any atom is -0.342 e. The van der Waals surface area contributed by atoms with Crippen LogP contribution < -0.4 is 0 Å². The zero-order chi connectivity index (χ0) is 19.3. The lowest BCUT2D eigenvalue weighted by atomic mass is 9.97. The molecule has 2 aromatic heterocycles. The molecule has 1 aliphatic rings. The third-order valence-corrected chi connectivity index (χ3v) is 6.55. The molecule has 0 spiro atoms. The zero-order valence-electron chi connectivity index (χ0n) is 15.7. The number of aryl methyl sites for hydroxylation is 1. The van der Waals surface area contributed by atoms with E-state index in [1.165, 1.54) is 0 Å². The van der Waals surface area contributed by atoms with Crippen molar-refractivity contribution >= 4 is 43.8 Å². The fraction of sp³-hybridized carbons (Fsp3) is 0.273. The van der Waals surface area contributed by atoms with Crippen LogP contribution in [0.1, 0.15) is 35.1 Å². The Labute approximate surface area is 171 Å². The van der Waals surface area contributed by atoms with Crippen molar-refractivity contribution in [3.63, 3.8) is 0 Å². The molecule has 6 heteroatoms. The van der Waals surface area contributed by atoms with E-state index in [0.29, 0.717) is 12.2 Å². The van der Waals surface area contributed by atoms with E-state index in [2.05, 4.69) is 20.9 Å². The molecule has 1 unspecified atom stereocenters. The maximum atomic E-state index is 13.4. The first-order chi connectivity index (χ1) is 13.6. The van der Waals surface area contributed by atoms with Gasteiger partial charge in [0.15, 0.2) is 0 Å². The number of aromatic amines is 1. The van der Waals surface area contributed by atoms with E-state index in [1.54, 1.807) is 0 Å². The van der Waals surface area contributed by atoms with Crippen LogP contribution in [0.5, 0.6) is 0 Å². The number of hydrogen-bond donors (Lipinski definition) is 1. The largest absolute Gasteiger partial charge is 0.342 e. The first-order valence-electron chi connectivity index (χ1n) is 9.60. The van der Waals surface area contributed by atoms with Gasteiger partial charge in [0.05, 0.1) is 15.5 Å². The molecule has 1 atom stereocenters. The smallest absolute Gasteiger partial charge is 0.271 e. The van der Waals surface area contributed by atoms with Crippen molar-refractivity contribution in [3.8, 4) is 0 Å². The number of H-pyrrole nitrogens is 1. The summed E-state index contributed by atoms with van der Waals surface area (Å²) >= 11 is 3.67. The lowest BCUT2D eigenvalue weighted by molar-refractivity contribution is 0.0694. The number of carbonyl (C=O) groups is 1. The van der Waals surface area contributed by atoms with E-state index in [9.17, 15) is 4.79 Å². The van der Waals surface area contributed by atoms with Crippen molar-refractivity contribution in [2.24, 2.45) is 7.05 Å². The number of amides is 1. The first kappa shape index (κ1) is 17.5. The second-order valence-corrected chi connectivity index (χ2v) is 8.26. The van der Waals surface area contributed by atoms with E-state index in [-0.39, 0.29) is 11.8 Å². The number of imidazole rings is 1. The summed E-state index contributed by atoms with van der Waals surface area (Å²) in [6.07, 6.45) is 2.02. The molecule has 0 saturated carbocycles. The van der Waals surface area contributed by atoms with Gasteiger partial charge in [0.2, 0.25) is 0 Å². The number of piperidine rings is 1. The van der Waals surface area contributed by atoms with Crippen LogP contribution in [0, 0.1) is 0 Å². The number of nitrogens with one attached hydrogen (secondary N) is 1. The standard InChI is InChI=1S/C22H21BrN4O/c1-26-18-11-5-2-8-15(18)19(23)20(26)22(28)27-12-6-7-14(13-27)21-24-16-9-3-4-10-17(16)25-21/h2-5,8-11,14H,6-7,12-13H2,1H3,(H,24,25). The maximum absolute atomic E-state index is 13.4. The van der Waals surface area contributed by atoms with Crippen LogP contribution in [-0.2, 0) is 7.05 Å². The predicted octanol–water partition coefficient (Wildman–Crippen LogP) is 4.84. The Morgan fingerprint density at radius 3 is 2.79 bits per heavy atom. The van der Waals surface area contributed by atoms with Gasteiger partial charge in [-0.1, -0.05) is 30.3 Å². The lowest BCUT2D eigenvalue weighted by Crippen LogP contribution is -2.40. The molecule has 28 heavy (non-hydrogen) atoms. The molecule has 4 aromatic rings. The minimum absolute atomic E-state index is 0.0754. The van der Waals surface area contributed by atoms with Gasteiger partial charge in [-0.2, -0.15) is 0 Å². The molecule has 0 aliphatic carbocycles. The summed E-state index contributed by atoms with van der Waals surface area (Å²) in [6.45, 7) is 1.47. The number of carbonyl (C=O) groups excluding carboxylic acids is 1. The predicted molar refractivity (Wildman–Crippen MR) is 115 cm³/mol. The monoisotopic (exact) mass is 436 g/mol. The van der Waals surface area contributed by atoms with Gasteiger partial charge in [-0.3, -0.25) is 4.79 Å². The summed E-state index contributed by atoms with van der Waals surface area (Å²) in [4.78, 5) is 23.6. The molecular formula is C22H21BrN4O. The third kappa shape index (κ3) is 2.75. The van der Waals surface area contributed by atoms with Crippen LogP contribution >= 0.6 is 15.9 Å². The molecule has 1 N–H and O–H groups in total. The highest BCUT2D eigenvalue weighted by Gasteiger charge is 2.30. The van der Waals surface area contributed by atoms with Crippen molar-refractivity contribution in [1.29, 1.82) is 0 Å². The van der Waals surface area contributed by atoms with Crippen molar-refractivity contribution in [2.45, 2.75) is 18.8 Å². The molecule has 2 aromatic carbocycles. The Morgan fingerprint density at radius 2 is 1.96 bits per heavy atom. The molecule has 1 aliphatic heterocycles. The van der Waals surface area contributed by atoms with Crippen molar-refractivity contribution in [2.75, 3.05) is 13.1 Å². The second kappa shape index (κ2) is 6.78. The molecule has 5 nitrogen and oxygen atoms in total. The molecular weight excluding hydrogens is 416 g/mol. The Balaban J connectivity index is 1.46. The number of fused-ring (bicyclic) bond motifs is 2. The zero-order valence-corrected chi connectivity index (χ0v) is 17.2. The van der Waals surface area contributed by atoms with E-state index in [1.807, 2.05) is 65.0 Å². The normalized spacial score (nSPS) is 17.5. The summed E-state index contributed by atoms with van der Waals surface area (Å²) < 4.78 is 2.87. The number of halogens is 1. The molecule has 1 fully saturated rings. The van der Waals surface area contributed by atoms with Crippen molar-refractivity contribution in [1.82, 2.24) is 19.4 Å². The second-order valence-electron chi connectivity index (χ2n) is 7.47. The third-order valence-electron chi connectivity index (χ3n) is 5.75. The van der Waals surface area contributed by atoms with Crippen LogP contribution in [0.4, 0.5) is 0 Å². The highest BCUT2D eigenvalue weighted by Crippen LogP contribution is 2.33. The molecule has 1 saturated heterocycles. The highest BCUT2D eigenvalue weighted by atomic mass is 79.9. The fourth-order valence-corrected chi connectivity index (χ4v) is 5.06. The summed E-state index contributed by atoms with van der Waals surface area (Å²) in [6, 6.07) is 16.2. The Kier molecular flexibility index (Phi) is 4.23. The molecule has 3 heterocycles. The number of likely N-dealkylation sites (tertiary alicyclic amines) is 1. The van der Waals surface area contributed by atoms with Crippen molar-refractivity contribution in [3.05, 3.63) is 64.5 Å². The SMILES string of the molecule is Cn1c(C(=O)N2CCCC(c3nc4ccccc4[nH]3)C2)c(Br)c2ccccc21. The van der Waals surface area contributed by atoms with Gasteiger partial charge in [0.1, 0.15) is 11.5 Å². The molecule has 142 valence electrons. The topological polar surface area (TPSA) is 53.9 Å². The lowest BCUT2D eigenvalue weighted by Gasteiger charge is -2.32. The maximum Gasteiger partial charge on any atom is 0.271 e. The number of benzene rings is 2. The van der Waals surface area contributed by atoms with Gasteiger partial charge < -0.3 is 14.5 Å². The Hall–Kier alpha value is -2.60. The van der Waals surface area contributed by atoms with Crippen LogP contribution in [0.3, 0.4) is 0 Å². The summed E-state index contributed by atoms with van der Waals surface area (Å²) in [5.41, 5.74) is 3.81. The van der Waals surface area contributed by atoms with Crippen LogP contribution in [0.15, 0.2) is 53.0 Å². The first-order valence-corrected chi connectivity index (χ1v) is 10.4. The van der Waals surface area contributed by atoms with Gasteiger partial charge in [-0.25, -0.2) is 4.98 Å². The van der Waals surface area contributed by atoms with Gasteiger partial charge in [-0.05, 0) is 47.0 Å². The molecule has 0 radical (unpaired) electrons. The summed E-state index contributed by atoms with van der Waals surface area (Å²) in [7, 11) is 1.96. The molecule has 5 rings (SSSR count). The number of hydrogen-bond acceptors (Lipinski definition) is 2. The average molecular weight is 437 g/mol. The van der Waals surface area contributed by atoms with Gasteiger partial charge in [0, 0.05) is 37.0 Å². The van der Waals surface area contributed by atoms with E-state index in [4.69, 9.17) is 4.98 Å². The van der Waals surface area contributed by atoms with E-state index in [0.717, 1.165) is 51.6 Å². The molecule has 0 bridgehead atoms. The highest BCUT2D eigenvalue weighted by molar-refractivity contribution is 9.10. The number of nitrogens with zero attached hydrogens (tertiary/aromatic N) is 3. The van der Waals surface area contributed by atoms with Crippen LogP contribution in [0.25, 0.3) is 21.9 Å². The Bertz CT molecular complexity index is 1120. The molecule has 1 amide bonds. The summed E-state index contributed by atoms with van der Waals surface area (Å²) in [5.74, 6) is 1.29. The van der Waals surface area contributed by atoms with Crippen LogP contribution in [0.2, 0.25) is 0 Å². The van der Waals surface area contributed by atoms with Crippen LogP contribution in [-0.4, -0.2) is 38.4 Å². The van der Waals surface area contributed by atoms with E-state index < -0.39 is 0 Å². The Morgan fingerprint density at radius 1 is 1.18 bits per heavy atom. The summed E-state index contributed by atoms with van der Waals surface area (Å²) in [5, 5.41) is 1.07. The number of aromatic nitrogens is 3. The quantitative estimate of drug-likeness (QED) is 0.488. The van der Waals surface area contributed by atoms with Gasteiger partial charge in [-0.15, -0.1) is 0 Å².